The molecule has 0 fully saturated rings. The number of hydrogen-bond acceptors (Lipinski definition) is 2. The van der Waals surface area contributed by atoms with Crippen molar-refractivity contribution in [3.63, 3.8) is 0 Å². The smallest absolute Gasteiger partial charge is 0.0876 e. The minimum Gasteiger partial charge on any atom is -0.305 e. The van der Waals surface area contributed by atoms with Crippen LogP contribution < -0.4 is 5.84 Å². The summed E-state index contributed by atoms with van der Waals surface area (Å²) in [5, 5.41) is 9.72. The van der Waals surface area contributed by atoms with Crippen LogP contribution in [0.15, 0.2) is 77.1 Å². The Bertz CT molecular complexity index is 763. The predicted molar refractivity (Wildman–Crippen MR) is 82.1 cm³/mol. The van der Waals surface area contributed by atoms with E-state index < -0.39 is 0 Å². The Balaban J connectivity index is 2.10. The van der Waals surface area contributed by atoms with Gasteiger partial charge in [-0.3, -0.25) is 0 Å². The van der Waals surface area contributed by atoms with E-state index in [9.17, 15) is 0 Å². The molecule has 3 aromatic rings. The van der Waals surface area contributed by atoms with Gasteiger partial charge >= 0.3 is 0 Å². The van der Waals surface area contributed by atoms with Crippen LogP contribution in [0, 0.1) is 0 Å². The molecule has 2 N–H and O–H groups in total. The highest BCUT2D eigenvalue weighted by Gasteiger charge is 2.05. The Morgan fingerprint density at radius 2 is 1.55 bits per heavy atom. The summed E-state index contributed by atoms with van der Waals surface area (Å²) < 4.78 is 0. The van der Waals surface area contributed by atoms with Gasteiger partial charge in [0.1, 0.15) is 0 Å². The first-order valence-electron chi connectivity index (χ1n) is 6.52. The third-order valence-electron chi connectivity index (χ3n) is 3.40. The van der Waals surface area contributed by atoms with Crippen molar-refractivity contribution in [2.24, 2.45) is 16.2 Å². The predicted octanol–water partition coefficient (Wildman–Crippen LogP) is 4.33. The Morgan fingerprint density at radius 1 is 0.800 bits per heavy atom. The summed E-state index contributed by atoms with van der Waals surface area (Å²) in [5.41, 5.74) is 3.48. The zero-order valence-corrected chi connectivity index (χ0v) is 11.0. The van der Waals surface area contributed by atoms with Gasteiger partial charge in [-0.1, -0.05) is 65.9 Å². The fourth-order valence-corrected chi connectivity index (χ4v) is 2.41. The van der Waals surface area contributed by atoms with E-state index >= 15 is 0 Å². The highest BCUT2D eigenvalue weighted by atomic mass is 15.3. The second-order valence-corrected chi connectivity index (χ2v) is 4.63. The van der Waals surface area contributed by atoms with Crippen molar-refractivity contribution in [3.05, 3.63) is 72.3 Å². The Morgan fingerprint density at radius 3 is 2.40 bits per heavy atom. The summed E-state index contributed by atoms with van der Waals surface area (Å²) in [7, 11) is 0. The van der Waals surface area contributed by atoms with Crippen LogP contribution in [0.25, 0.3) is 21.9 Å². The van der Waals surface area contributed by atoms with Gasteiger partial charge in [-0.25, -0.2) is 0 Å². The van der Waals surface area contributed by atoms with E-state index in [0.29, 0.717) is 6.54 Å². The fraction of sp³-hybridized carbons (Fsp3) is 0.0588. The Labute approximate surface area is 117 Å². The standard InChI is InChI=1S/C17H15N3/c18-20-19-12-16-7-3-4-8-17(16)15-10-9-13-5-1-2-6-14(13)11-15/h1-11H,12H2,(H2,18,19). The molecule has 98 valence electrons. The summed E-state index contributed by atoms with van der Waals surface area (Å²) in [6.07, 6.45) is 0. The number of hydrogen-bond donors (Lipinski definition) is 1. The average molecular weight is 261 g/mol. The van der Waals surface area contributed by atoms with E-state index in [-0.39, 0.29) is 0 Å². The molecule has 0 heterocycles. The van der Waals surface area contributed by atoms with Crippen molar-refractivity contribution < 1.29 is 0 Å². The molecule has 3 heteroatoms. The van der Waals surface area contributed by atoms with Crippen molar-refractivity contribution in [1.82, 2.24) is 0 Å². The van der Waals surface area contributed by atoms with Crippen LogP contribution >= 0.6 is 0 Å². The summed E-state index contributed by atoms with van der Waals surface area (Å²) in [5.74, 6) is 5.10. The molecule has 3 rings (SSSR count). The number of nitrogens with two attached hydrogens (primary N) is 1. The molecule has 0 spiro atoms. The average Bonchev–Trinajstić information content (AvgIpc) is 2.53. The van der Waals surface area contributed by atoms with E-state index in [1.54, 1.807) is 0 Å². The second kappa shape index (κ2) is 5.53. The Hall–Kier alpha value is -2.68. The molecule has 0 unspecified atom stereocenters. The minimum atomic E-state index is 0.500. The summed E-state index contributed by atoms with van der Waals surface area (Å²) in [4.78, 5) is 0. The number of rotatable bonds is 3. The largest absolute Gasteiger partial charge is 0.305 e. The van der Waals surface area contributed by atoms with Gasteiger partial charge in [-0.05, 0) is 33.5 Å². The van der Waals surface area contributed by atoms with Crippen molar-refractivity contribution in [2.75, 3.05) is 0 Å². The monoisotopic (exact) mass is 261 g/mol. The van der Waals surface area contributed by atoms with E-state index in [4.69, 9.17) is 5.84 Å². The lowest BCUT2D eigenvalue weighted by molar-refractivity contribution is 0.894. The zero-order chi connectivity index (χ0) is 13.8. The van der Waals surface area contributed by atoms with Crippen LogP contribution in [-0.2, 0) is 6.54 Å². The lowest BCUT2D eigenvalue weighted by Crippen LogP contribution is -1.89. The van der Waals surface area contributed by atoms with Gasteiger partial charge < -0.3 is 5.84 Å². The van der Waals surface area contributed by atoms with Gasteiger partial charge in [0.05, 0.1) is 6.54 Å². The molecule has 0 saturated heterocycles. The topological polar surface area (TPSA) is 50.7 Å². The number of fused-ring (bicyclic) bond motifs is 1. The summed E-state index contributed by atoms with van der Waals surface area (Å²) >= 11 is 0. The van der Waals surface area contributed by atoms with E-state index in [1.165, 1.54) is 21.9 Å². The van der Waals surface area contributed by atoms with E-state index in [2.05, 4.69) is 64.9 Å². The molecule has 0 atom stereocenters. The molecule has 0 aromatic heterocycles. The normalized spacial score (nSPS) is 11.2. The van der Waals surface area contributed by atoms with Gasteiger partial charge in [-0.15, -0.1) is 0 Å². The van der Waals surface area contributed by atoms with Gasteiger partial charge in [-0.2, -0.15) is 5.11 Å². The first kappa shape index (κ1) is 12.4. The molecule has 0 aliphatic heterocycles. The van der Waals surface area contributed by atoms with Crippen molar-refractivity contribution in [2.45, 2.75) is 6.54 Å². The van der Waals surface area contributed by atoms with Crippen LogP contribution in [-0.4, -0.2) is 0 Å². The molecule has 0 bridgehead atoms. The molecule has 0 aliphatic rings. The van der Waals surface area contributed by atoms with Crippen molar-refractivity contribution >= 4 is 10.8 Å². The molecular formula is C17H15N3. The lowest BCUT2D eigenvalue weighted by Gasteiger charge is -2.08. The molecule has 0 amide bonds. The third-order valence-corrected chi connectivity index (χ3v) is 3.40. The Kier molecular flexibility index (Phi) is 3.42. The molecule has 3 aromatic carbocycles. The van der Waals surface area contributed by atoms with Gasteiger partial charge in [0.15, 0.2) is 0 Å². The van der Waals surface area contributed by atoms with Gasteiger partial charge in [0.2, 0.25) is 0 Å². The summed E-state index contributed by atoms with van der Waals surface area (Å²) in [6, 6.07) is 23.0. The van der Waals surface area contributed by atoms with Crippen molar-refractivity contribution in [1.29, 1.82) is 0 Å². The molecule has 0 saturated carbocycles. The fourth-order valence-electron chi connectivity index (χ4n) is 2.41. The molecule has 0 aliphatic carbocycles. The highest BCUT2D eigenvalue weighted by Crippen LogP contribution is 2.27. The van der Waals surface area contributed by atoms with Crippen LogP contribution in [0.1, 0.15) is 5.56 Å². The molecular weight excluding hydrogens is 246 g/mol. The maximum absolute atomic E-state index is 5.10. The van der Waals surface area contributed by atoms with E-state index in [0.717, 1.165) is 5.56 Å². The minimum absolute atomic E-state index is 0.500. The maximum atomic E-state index is 5.10. The van der Waals surface area contributed by atoms with Crippen LogP contribution in [0.5, 0.6) is 0 Å². The molecule has 0 radical (unpaired) electrons. The number of nitrogens with zero attached hydrogens (tertiary/aromatic N) is 2. The van der Waals surface area contributed by atoms with Crippen LogP contribution in [0.3, 0.4) is 0 Å². The number of benzene rings is 3. The summed E-state index contributed by atoms with van der Waals surface area (Å²) in [6.45, 7) is 0.500. The highest BCUT2D eigenvalue weighted by molar-refractivity contribution is 5.87. The first-order valence-corrected chi connectivity index (χ1v) is 6.52. The second-order valence-electron chi connectivity index (χ2n) is 4.63. The zero-order valence-electron chi connectivity index (χ0n) is 11.0. The van der Waals surface area contributed by atoms with Crippen LogP contribution in [0.2, 0.25) is 0 Å². The quantitative estimate of drug-likeness (QED) is 0.426. The SMILES string of the molecule is NN=NCc1ccccc1-c1ccc2ccccc2c1. The van der Waals surface area contributed by atoms with E-state index in [1.807, 2.05) is 12.1 Å². The van der Waals surface area contributed by atoms with Gasteiger partial charge in [0.25, 0.3) is 0 Å². The maximum Gasteiger partial charge on any atom is 0.0876 e. The van der Waals surface area contributed by atoms with Crippen LogP contribution in [0.4, 0.5) is 0 Å². The first-order chi connectivity index (χ1) is 9.88. The lowest BCUT2D eigenvalue weighted by atomic mass is 9.97. The molecule has 3 nitrogen and oxygen atoms in total. The third kappa shape index (κ3) is 2.38. The molecule has 20 heavy (non-hydrogen) atoms. The van der Waals surface area contributed by atoms with Gasteiger partial charge in [0, 0.05) is 0 Å². The van der Waals surface area contributed by atoms with Crippen molar-refractivity contribution in [3.8, 4) is 11.1 Å².